The van der Waals surface area contributed by atoms with Crippen LogP contribution in [-0.4, -0.2) is 25.7 Å². The molecule has 0 aliphatic rings. The second-order valence-corrected chi connectivity index (χ2v) is 5.51. The molecule has 20 heavy (non-hydrogen) atoms. The van der Waals surface area contributed by atoms with Gasteiger partial charge in [0.1, 0.15) is 6.33 Å². The van der Waals surface area contributed by atoms with Crippen molar-refractivity contribution in [3.8, 4) is 11.3 Å². The Morgan fingerprint density at radius 3 is 2.75 bits per heavy atom. The third kappa shape index (κ3) is 2.18. The molecular formula is C14H13N3O2S. The summed E-state index contributed by atoms with van der Waals surface area (Å²) in [5, 5.41) is 13.2. The SMILES string of the molecule is CCc1ccc(-c2c(CC(=O)O)sc3ncnn23)cc1. The van der Waals surface area contributed by atoms with Gasteiger partial charge in [-0.1, -0.05) is 42.5 Å². The lowest BCUT2D eigenvalue weighted by atomic mass is 10.1. The zero-order valence-electron chi connectivity index (χ0n) is 10.9. The number of carboxylic acid groups (broad SMARTS) is 1. The molecule has 0 unspecified atom stereocenters. The Bertz CT molecular complexity index is 758. The van der Waals surface area contributed by atoms with Crippen molar-refractivity contribution in [1.82, 2.24) is 14.6 Å². The zero-order chi connectivity index (χ0) is 14.1. The van der Waals surface area contributed by atoms with Crippen LogP contribution in [0.3, 0.4) is 0 Å². The molecule has 0 aliphatic carbocycles. The van der Waals surface area contributed by atoms with E-state index in [2.05, 4.69) is 29.1 Å². The largest absolute Gasteiger partial charge is 0.481 e. The summed E-state index contributed by atoms with van der Waals surface area (Å²) in [6.07, 6.45) is 2.45. The van der Waals surface area contributed by atoms with Gasteiger partial charge in [-0.2, -0.15) is 5.10 Å². The number of nitrogens with zero attached hydrogens (tertiary/aromatic N) is 3. The standard InChI is InChI=1S/C14H13N3O2S/c1-2-9-3-5-10(6-4-9)13-11(7-12(18)19)20-14-15-8-16-17(13)14/h3-6,8H,2,7H2,1H3,(H,18,19). The molecule has 102 valence electrons. The van der Waals surface area contributed by atoms with Crippen molar-refractivity contribution in [2.75, 3.05) is 0 Å². The molecule has 0 saturated carbocycles. The fraction of sp³-hybridized carbons (Fsp3) is 0.214. The molecule has 0 radical (unpaired) electrons. The first kappa shape index (κ1) is 12.8. The predicted octanol–water partition coefficient (Wildman–Crippen LogP) is 2.65. The maximum Gasteiger partial charge on any atom is 0.308 e. The van der Waals surface area contributed by atoms with Gasteiger partial charge in [0.05, 0.1) is 12.1 Å². The van der Waals surface area contributed by atoms with E-state index in [1.165, 1.54) is 23.2 Å². The highest BCUT2D eigenvalue weighted by Crippen LogP contribution is 2.31. The molecule has 0 spiro atoms. The smallest absolute Gasteiger partial charge is 0.308 e. The van der Waals surface area contributed by atoms with Crippen LogP contribution in [0, 0.1) is 0 Å². The van der Waals surface area contributed by atoms with Crippen molar-refractivity contribution in [3.05, 3.63) is 41.0 Å². The summed E-state index contributed by atoms with van der Waals surface area (Å²) in [5.41, 5.74) is 3.04. The highest BCUT2D eigenvalue weighted by molar-refractivity contribution is 7.17. The van der Waals surface area contributed by atoms with Crippen LogP contribution in [0.5, 0.6) is 0 Å². The Hall–Kier alpha value is -2.21. The third-order valence-corrected chi connectivity index (χ3v) is 4.20. The fourth-order valence-corrected chi connectivity index (χ4v) is 3.21. The van der Waals surface area contributed by atoms with Gasteiger partial charge < -0.3 is 5.11 Å². The van der Waals surface area contributed by atoms with E-state index in [0.29, 0.717) is 0 Å². The number of benzene rings is 1. The van der Waals surface area contributed by atoms with Crippen LogP contribution >= 0.6 is 11.3 Å². The number of fused-ring (bicyclic) bond motifs is 1. The molecule has 3 aromatic rings. The van der Waals surface area contributed by atoms with E-state index in [-0.39, 0.29) is 6.42 Å². The van der Waals surface area contributed by atoms with Gasteiger partial charge in [0, 0.05) is 10.4 Å². The van der Waals surface area contributed by atoms with Crippen molar-refractivity contribution in [3.63, 3.8) is 0 Å². The molecular weight excluding hydrogens is 274 g/mol. The third-order valence-electron chi connectivity index (χ3n) is 3.15. The average Bonchev–Trinajstić information content (AvgIpc) is 2.98. The summed E-state index contributed by atoms with van der Waals surface area (Å²) in [4.78, 5) is 16.6. The van der Waals surface area contributed by atoms with E-state index >= 15 is 0 Å². The summed E-state index contributed by atoms with van der Waals surface area (Å²) in [6, 6.07) is 8.13. The van der Waals surface area contributed by atoms with Crippen molar-refractivity contribution in [2.45, 2.75) is 19.8 Å². The molecule has 1 N–H and O–H groups in total. The number of thiazole rings is 1. The maximum atomic E-state index is 11.0. The quantitative estimate of drug-likeness (QED) is 0.801. The van der Waals surface area contributed by atoms with Crippen LogP contribution < -0.4 is 0 Å². The van der Waals surface area contributed by atoms with Crippen LogP contribution in [0.4, 0.5) is 0 Å². The first-order valence-corrected chi connectivity index (χ1v) is 7.13. The lowest BCUT2D eigenvalue weighted by molar-refractivity contribution is -0.136. The topological polar surface area (TPSA) is 67.5 Å². The van der Waals surface area contributed by atoms with Gasteiger partial charge in [0.2, 0.25) is 4.96 Å². The predicted molar refractivity (Wildman–Crippen MR) is 77.0 cm³/mol. The molecule has 0 bridgehead atoms. The summed E-state index contributed by atoms with van der Waals surface area (Å²) >= 11 is 1.37. The van der Waals surface area contributed by atoms with Crippen molar-refractivity contribution < 1.29 is 9.90 Å². The summed E-state index contributed by atoms with van der Waals surface area (Å²) in [6.45, 7) is 2.10. The van der Waals surface area contributed by atoms with Crippen LogP contribution in [0.25, 0.3) is 16.2 Å². The van der Waals surface area contributed by atoms with E-state index in [0.717, 1.165) is 27.5 Å². The molecule has 2 aromatic heterocycles. The Kier molecular flexibility index (Phi) is 3.23. The molecule has 0 atom stereocenters. The second-order valence-electron chi connectivity index (χ2n) is 4.45. The van der Waals surface area contributed by atoms with Crippen molar-refractivity contribution >= 4 is 22.3 Å². The van der Waals surface area contributed by atoms with Crippen LogP contribution in [0.1, 0.15) is 17.4 Å². The van der Waals surface area contributed by atoms with Crippen LogP contribution in [-0.2, 0) is 17.6 Å². The lowest BCUT2D eigenvalue weighted by Crippen LogP contribution is -2.01. The zero-order valence-corrected chi connectivity index (χ0v) is 11.7. The number of aliphatic carboxylic acids is 1. The van der Waals surface area contributed by atoms with E-state index in [9.17, 15) is 4.79 Å². The minimum atomic E-state index is -0.846. The molecule has 0 aliphatic heterocycles. The Morgan fingerprint density at radius 2 is 2.10 bits per heavy atom. The van der Waals surface area contributed by atoms with E-state index in [4.69, 9.17) is 5.11 Å². The summed E-state index contributed by atoms with van der Waals surface area (Å²) in [5.74, 6) is -0.846. The molecule has 5 nitrogen and oxygen atoms in total. The number of carbonyl (C=O) groups is 1. The van der Waals surface area contributed by atoms with E-state index < -0.39 is 5.97 Å². The van der Waals surface area contributed by atoms with Crippen molar-refractivity contribution in [2.24, 2.45) is 0 Å². The maximum absolute atomic E-state index is 11.0. The Balaban J connectivity index is 2.15. The number of aryl methyl sites for hydroxylation is 1. The van der Waals surface area contributed by atoms with Gasteiger partial charge in [-0.3, -0.25) is 4.79 Å². The number of rotatable bonds is 4. The van der Waals surface area contributed by atoms with Crippen molar-refractivity contribution in [1.29, 1.82) is 0 Å². The van der Waals surface area contributed by atoms with E-state index in [1.54, 1.807) is 4.52 Å². The van der Waals surface area contributed by atoms with Gasteiger partial charge in [-0.05, 0) is 12.0 Å². The number of carboxylic acids is 1. The summed E-state index contributed by atoms with van der Waals surface area (Å²) in [7, 11) is 0. The van der Waals surface area contributed by atoms with E-state index in [1.807, 2.05) is 12.1 Å². The van der Waals surface area contributed by atoms with Gasteiger partial charge in [-0.15, -0.1) is 0 Å². The summed E-state index contributed by atoms with van der Waals surface area (Å²) < 4.78 is 1.71. The highest BCUT2D eigenvalue weighted by Gasteiger charge is 2.17. The minimum absolute atomic E-state index is 0.0133. The molecule has 0 fully saturated rings. The van der Waals surface area contributed by atoms with Gasteiger partial charge in [0.15, 0.2) is 0 Å². The molecule has 6 heteroatoms. The number of hydrogen-bond donors (Lipinski definition) is 1. The number of aromatic nitrogens is 3. The molecule has 3 rings (SSSR count). The minimum Gasteiger partial charge on any atom is -0.481 e. The number of hydrogen-bond acceptors (Lipinski definition) is 4. The molecule has 2 heterocycles. The van der Waals surface area contributed by atoms with Gasteiger partial charge in [0.25, 0.3) is 0 Å². The van der Waals surface area contributed by atoms with Crippen LogP contribution in [0.2, 0.25) is 0 Å². The van der Waals surface area contributed by atoms with Crippen LogP contribution in [0.15, 0.2) is 30.6 Å². The monoisotopic (exact) mass is 287 g/mol. The highest BCUT2D eigenvalue weighted by atomic mass is 32.1. The fourth-order valence-electron chi connectivity index (χ4n) is 2.17. The Labute approximate surface area is 119 Å². The average molecular weight is 287 g/mol. The first-order valence-electron chi connectivity index (χ1n) is 6.31. The molecule has 0 amide bonds. The Morgan fingerprint density at radius 1 is 1.35 bits per heavy atom. The molecule has 1 aromatic carbocycles. The molecule has 0 saturated heterocycles. The normalized spacial score (nSPS) is 11.1. The van der Waals surface area contributed by atoms with Gasteiger partial charge >= 0.3 is 5.97 Å². The second kappa shape index (κ2) is 5.05. The first-order chi connectivity index (χ1) is 9.69. The van der Waals surface area contributed by atoms with Gasteiger partial charge in [-0.25, -0.2) is 9.50 Å². The lowest BCUT2D eigenvalue weighted by Gasteiger charge is -2.04.